The topological polar surface area (TPSA) is 66.8 Å². The summed E-state index contributed by atoms with van der Waals surface area (Å²) in [6.07, 6.45) is 3.86. The zero-order chi connectivity index (χ0) is 26.9. The van der Waals surface area contributed by atoms with Crippen molar-refractivity contribution >= 4 is 11.9 Å². The molecule has 198 valence electrons. The summed E-state index contributed by atoms with van der Waals surface area (Å²) in [5.74, 6) is -0.519. The van der Waals surface area contributed by atoms with E-state index in [9.17, 15) is 19.1 Å². The maximum Gasteiger partial charge on any atom is 0.307 e. The van der Waals surface area contributed by atoms with Crippen LogP contribution in [0.1, 0.15) is 60.9 Å². The number of benzene rings is 3. The Balaban J connectivity index is 1.46. The van der Waals surface area contributed by atoms with Crippen LogP contribution in [0.3, 0.4) is 0 Å². The van der Waals surface area contributed by atoms with E-state index < -0.39 is 5.97 Å². The van der Waals surface area contributed by atoms with Gasteiger partial charge in [0, 0.05) is 30.5 Å². The molecule has 3 aromatic rings. The normalized spacial score (nSPS) is 18.4. The first kappa shape index (κ1) is 26.0. The van der Waals surface area contributed by atoms with Gasteiger partial charge in [0.1, 0.15) is 11.6 Å². The van der Waals surface area contributed by atoms with Gasteiger partial charge in [0.25, 0.3) is 0 Å². The summed E-state index contributed by atoms with van der Waals surface area (Å²) in [6, 6.07) is 17.0. The minimum atomic E-state index is -0.914. The lowest BCUT2D eigenvalue weighted by Gasteiger charge is -2.38. The van der Waals surface area contributed by atoms with E-state index in [1.807, 2.05) is 17.9 Å². The van der Waals surface area contributed by atoms with Crippen LogP contribution < -0.4 is 4.74 Å². The number of rotatable bonds is 7. The summed E-state index contributed by atoms with van der Waals surface area (Å²) < 4.78 is 20.8. The maximum atomic E-state index is 15.0. The Bertz CT molecular complexity index is 1380. The number of aliphatic carboxylic acids is 1. The number of hydrogen-bond donors (Lipinski definition) is 1. The van der Waals surface area contributed by atoms with Gasteiger partial charge in [-0.1, -0.05) is 49.4 Å². The quantitative estimate of drug-likeness (QED) is 0.414. The van der Waals surface area contributed by atoms with Gasteiger partial charge in [-0.15, -0.1) is 0 Å². The molecule has 2 aliphatic rings. The molecule has 38 heavy (non-hydrogen) atoms. The van der Waals surface area contributed by atoms with Crippen molar-refractivity contribution < 1.29 is 23.8 Å². The number of amides is 1. The SMILES string of the molecule is CCOc1cc(CC(=O)O)ccc1-c1ccc(F)c2c1CN(C(=O)CC1(C)CCCc3ccccc31)CC2. The average Bonchev–Trinajstić information content (AvgIpc) is 2.89. The number of nitrogens with zero attached hydrogens (tertiary/aromatic N) is 1. The molecule has 5 nitrogen and oxygen atoms in total. The lowest BCUT2D eigenvalue weighted by Crippen LogP contribution is -2.41. The molecule has 1 atom stereocenters. The standard InChI is InChI=1S/C32H34FNO4/c1-3-38-29-17-21(18-31(36)37)10-11-25(29)23-12-13-28(33)24-14-16-34(20-26(23)24)30(35)19-32(2)15-6-8-22-7-4-5-9-27(22)32/h4-5,7,9-13,17H,3,6,8,14-16,18-20H2,1-2H3,(H,36,37). The Kier molecular flexibility index (Phi) is 7.24. The number of carbonyl (C=O) groups is 2. The minimum absolute atomic E-state index is 0.0897. The minimum Gasteiger partial charge on any atom is -0.493 e. The smallest absolute Gasteiger partial charge is 0.307 e. The van der Waals surface area contributed by atoms with Crippen LogP contribution >= 0.6 is 0 Å². The molecule has 1 N–H and O–H groups in total. The highest BCUT2D eigenvalue weighted by molar-refractivity contribution is 5.81. The molecule has 1 unspecified atom stereocenters. The molecule has 0 spiro atoms. The molecule has 5 rings (SSSR count). The largest absolute Gasteiger partial charge is 0.493 e. The van der Waals surface area contributed by atoms with Crippen molar-refractivity contribution in [2.45, 2.75) is 64.3 Å². The first-order chi connectivity index (χ1) is 18.3. The molecule has 0 aromatic heterocycles. The van der Waals surface area contributed by atoms with Crippen molar-refractivity contribution in [3.05, 3.63) is 88.2 Å². The van der Waals surface area contributed by atoms with Crippen LogP contribution in [0.15, 0.2) is 54.6 Å². The fourth-order valence-electron chi connectivity index (χ4n) is 6.21. The summed E-state index contributed by atoms with van der Waals surface area (Å²) in [5.41, 5.74) is 6.06. The predicted molar refractivity (Wildman–Crippen MR) is 145 cm³/mol. The first-order valence-electron chi connectivity index (χ1n) is 13.4. The van der Waals surface area contributed by atoms with Crippen molar-refractivity contribution in [1.82, 2.24) is 4.90 Å². The summed E-state index contributed by atoms with van der Waals surface area (Å²) >= 11 is 0. The predicted octanol–water partition coefficient (Wildman–Crippen LogP) is 6.09. The van der Waals surface area contributed by atoms with E-state index in [4.69, 9.17) is 4.74 Å². The molecule has 0 fully saturated rings. The number of ether oxygens (including phenoxy) is 1. The van der Waals surface area contributed by atoms with E-state index in [-0.39, 0.29) is 23.6 Å². The molecule has 1 aliphatic heterocycles. The van der Waals surface area contributed by atoms with E-state index in [2.05, 4.69) is 31.2 Å². The van der Waals surface area contributed by atoms with Gasteiger partial charge >= 0.3 is 5.97 Å². The molecule has 0 radical (unpaired) electrons. The van der Waals surface area contributed by atoms with Crippen molar-refractivity contribution in [3.8, 4) is 16.9 Å². The van der Waals surface area contributed by atoms with E-state index in [0.717, 1.165) is 36.0 Å². The third-order valence-corrected chi connectivity index (χ3v) is 8.08. The van der Waals surface area contributed by atoms with Crippen molar-refractivity contribution in [1.29, 1.82) is 0 Å². The van der Waals surface area contributed by atoms with Crippen molar-refractivity contribution in [2.75, 3.05) is 13.2 Å². The fraction of sp³-hybridized carbons (Fsp3) is 0.375. The third kappa shape index (κ3) is 5.04. The second-order valence-corrected chi connectivity index (χ2v) is 10.7. The van der Waals surface area contributed by atoms with E-state index in [0.29, 0.717) is 49.4 Å². The number of halogens is 1. The van der Waals surface area contributed by atoms with Gasteiger partial charge in [0.2, 0.25) is 5.91 Å². The van der Waals surface area contributed by atoms with Gasteiger partial charge < -0.3 is 14.7 Å². The van der Waals surface area contributed by atoms with E-state index >= 15 is 0 Å². The van der Waals surface area contributed by atoms with Gasteiger partial charge in [0.15, 0.2) is 0 Å². The van der Waals surface area contributed by atoms with Crippen LogP contribution in [0.5, 0.6) is 5.75 Å². The van der Waals surface area contributed by atoms with Crippen LogP contribution in [-0.2, 0) is 40.8 Å². The fourth-order valence-corrected chi connectivity index (χ4v) is 6.21. The highest BCUT2D eigenvalue weighted by Crippen LogP contribution is 2.41. The summed E-state index contributed by atoms with van der Waals surface area (Å²) in [6.45, 7) is 5.30. The molecule has 0 bridgehead atoms. The Morgan fingerprint density at radius 1 is 1.05 bits per heavy atom. The Morgan fingerprint density at radius 3 is 2.63 bits per heavy atom. The number of hydrogen-bond acceptors (Lipinski definition) is 3. The van der Waals surface area contributed by atoms with E-state index in [1.165, 1.54) is 17.2 Å². The first-order valence-corrected chi connectivity index (χ1v) is 13.4. The highest BCUT2D eigenvalue weighted by Gasteiger charge is 2.36. The van der Waals surface area contributed by atoms with Crippen LogP contribution in [0.4, 0.5) is 4.39 Å². The number of aryl methyl sites for hydroxylation is 1. The Hall–Kier alpha value is -3.67. The molecule has 0 saturated carbocycles. The maximum absolute atomic E-state index is 15.0. The van der Waals surface area contributed by atoms with Crippen LogP contribution in [0.2, 0.25) is 0 Å². The molecule has 0 saturated heterocycles. The van der Waals surface area contributed by atoms with Crippen LogP contribution in [0.25, 0.3) is 11.1 Å². The second-order valence-electron chi connectivity index (χ2n) is 10.7. The van der Waals surface area contributed by atoms with Crippen molar-refractivity contribution in [2.24, 2.45) is 0 Å². The monoisotopic (exact) mass is 515 g/mol. The van der Waals surface area contributed by atoms with Gasteiger partial charge in [0.05, 0.1) is 13.0 Å². The highest BCUT2D eigenvalue weighted by atomic mass is 19.1. The third-order valence-electron chi connectivity index (χ3n) is 8.08. The summed E-state index contributed by atoms with van der Waals surface area (Å²) in [4.78, 5) is 26.8. The zero-order valence-electron chi connectivity index (χ0n) is 22.1. The van der Waals surface area contributed by atoms with Crippen LogP contribution in [-0.4, -0.2) is 35.0 Å². The average molecular weight is 516 g/mol. The van der Waals surface area contributed by atoms with E-state index in [1.54, 1.807) is 18.2 Å². The lowest BCUT2D eigenvalue weighted by atomic mass is 9.69. The van der Waals surface area contributed by atoms with Gasteiger partial charge in [-0.2, -0.15) is 0 Å². The molecule has 3 aromatic carbocycles. The lowest BCUT2D eigenvalue weighted by molar-refractivity contribution is -0.136. The Labute approximate surface area is 223 Å². The number of carboxylic acids is 1. The zero-order valence-corrected chi connectivity index (χ0v) is 22.1. The van der Waals surface area contributed by atoms with Gasteiger partial charge in [-0.3, -0.25) is 9.59 Å². The molecule has 6 heteroatoms. The number of fused-ring (bicyclic) bond motifs is 2. The second kappa shape index (κ2) is 10.6. The molecular weight excluding hydrogens is 481 g/mol. The molecule has 1 heterocycles. The van der Waals surface area contributed by atoms with Crippen molar-refractivity contribution in [3.63, 3.8) is 0 Å². The summed E-state index contributed by atoms with van der Waals surface area (Å²) in [7, 11) is 0. The molecule has 1 aliphatic carbocycles. The molecule has 1 amide bonds. The van der Waals surface area contributed by atoms with Gasteiger partial charge in [-0.05, 0) is 78.1 Å². The van der Waals surface area contributed by atoms with Gasteiger partial charge in [-0.25, -0.2) is 4.39 Å². The molecular formula is C32H34FNO4. The number of carbonyl (C=O) groups excluding carboxylic acids is 1. The Morgan fingerprint density at radius 2 is 1.84 bits per heavy atom. The summed E-state index contributed by atoms with van der Waals surface area (Å²) in [5, 5.41) is 9.21. The van der Waals surface area contributed by atoms with Crippen LogP contribution in [0, 0.1) is 5.82 Å². The number of carboxylic acid groups (broad SMARTS) is 1.